The van der Waals surface area contributed by atoms with Crippen LogP contribution in [0.4, 0.5) is 0 Å². The molecule has 1 amide bonds. The van der Waals surface area contributed by atoms with Crippen LogP contribution in [0.15, 0.2) is 29.2 Å². The van der Waals surface area contributed by atoms with Gasteiger partial charge in [-0.05, 0) is 25.1 Å². The minimum Gasteiger partial charge on any atom is -0.376 e. The van der Waals surface area contributed by atoms with E-state index in [-0.39, 0.29) is 23.5 Å². The van der Waals surface area contributed by atoms with Gasteiger partial charge in [0.15, 0.2) is 0 Å². The zero-order chi connectivity index (χ0) is 16.9. The Morgan fingerprint density at radius 3 is 2.83 bits per heavy atom. The number of carbonyl (C=O) groups excluding carboxylic acids is 1. The topological polar surface area (TPSA) is 84.9 Å². The number of amides is 1. The van der Waals surface area contributed by atoms with Gasteiger partial charge >= 0.3 is 0 Å². The second kappa shape index (κ2) is 7.87. The average molecular weight is 342 g/mol. The number of benzene rings is 1. The number of rotatable bonds is 6. The van der Waals surface area contributed by atoms with Crippen LogP contribution in [-0.2, 0) is 19.5 Å². The Labute approximate surface area is 136 Å². The number of nitrogens with one attached hydrogen (secondary N) is 1. The van der Waals surface area contributed by atoms with Crippen LogP contribution < -0.4 is 4.72 Å². The standard InChI is InChI=1S/C15H22N2O5S/c1-3-17(2)15(18)12-5-4-6-14(9-12)23(19,20)16-10-13-11-21-7-8-22-13/h4-6,9,13,16H,3,7-8,10-11H2,1-2H3/t13-/m1/s1. The molecule has 7 nitrogen and oxygen atoms in total. The summed E-state index contributed by atoms with van der Waals surface area (Å²) in [6.07, 6.45) is -0.297. The summed E-state index contributed by atoms with van der Waals surface area (Å²) in [6.45, 7) is 3.88. The van der Waals surface area contributed by atoms with E-state index in [4.69, 9.17) is 9.47 Å². The summed E-state index contributed by atoms with van der Waals surface area (Å²) < 4.78 is 37.8. The van der Waals surface area contributed by atoms with Crippen LogP contribution in [0.5, 0.6) is 0 Å². The van der Waals surface area contributed by atoms with Gasteiger partial charge in [-0.2, -0.15) is 0 Å². The van der Waals surface area contributed by atoms with Crippen molar-refractivity contribution in [3.8, 4) is 0 Å². The molecule has 1 heterocycles. The summed E-state index contributed by atoms with van der Waals surface area (Å²) in [5, 5.41) is 0. The summed E-state index contributed by atoms with van der Waals surface area (Å²) in [4.78, 5) is 13.7. The molecule has 0 spiro atoms. The molecular weight excluding hydrogens is 320 g/mol. The van der Waals surface area contributed by atoms with Crippen LogP contribution in [0.25, 0.3) is 0 Å². The van der Waals surface area contributed by atoms with Gasteiger partial charge in [-0.3, -0.25) is 4.79 Å². The third-order valence-corrected chi connectivity index (χ3v) is 5.02. The highest BCUT2D eigenvalue weighted by Gasteiger charge is 2.21. The molecular formula is C15H22N2O5S. The molecule has 1 N–H and O–H groups in total. The van der Waals surface area contributed by atoms with Gasteiger partial charge in [0, 0.05) is 25.7 Å². The number of carbonyl (C=O) groups is 1. The Bertz CT molecular complexity index is 641. The number of ether oxygens (including phenoxy) is 2. The summed E-state index contributed by atoms with van der Waals surface area (Å²) in [6, 6.07) is 6.01. The van der Waals surface area contributed by atoms with E-state index in [1.54, 1.807) is 19.2 Å². The average Bonchev–Trinajstić information content (AvgIpc) is 2.59. The molecule has 0 radical (unpaired) electrons. The number of sulfonamides is 1. The maximum atomic E-state index is 12.4. The lowest BCUT2D eigenvalue weighted by atomic mass is 10.2. The van der Waals surface area contributed by atoms with E-state index < -0.39 is 10.0 Å². The molecule has 1 saturated heterocycles. The molecule has 1 aromatic carbocycles. The number of hydrogen-bond acceptors (Lipinski definition) is 5. The minimum absolute atomic E-state index is 0.0598. The maximum Gasteiger partial charge on any atom is 0.253 e. The summed E-state index contributed by atoms with van der Waals surface area (Å²) in [7, 11) is -2.04. The van der Waals surface area contributed by atoms with Crippen LogP contribution in [0.1, 0.15) is 17.3 Å². The predicted octanol–water partition coefficient (Wildman–Crippen LogP) is 0.472. The van der Waals surface area contributed by atoms with E-state index in [1.165, 1.54) is 17.0 Å². The Morgan fingerprint density at radius 1 is 1.39 bits per heavy atom. The van der Waals surface area contributed by atoms with E-state index >= 15 is 0 Å². The normalized spacial score (nSPS) is 18.6. The molecule has 1 aromatic rings. The van der Waals surface area contributed by atoms with Crippen molar-refractivity contribution in [2.24, 2.45) is 0 Å². The van der Waals surface area contributed by atoms with Crippen molar-refractivity contribution < 1.29 is 22.7 Å². The third-order valence-electron chi connectivity index (χ3n) is 3.60. The molecule has 128 valence electrons. The fraction of sp³-hybridized carbons (Fsp3) is 0.533. The molecule has 0 unspecified atom stereocenters. The first-order valence-corrected chi connectivity index (χ1v) is 8.97. The fourth-order valence-electron chi connectivity index (χ4n) is 2.10. The van der Waals surface area contributed by atoms with Gasteiger partial charge in [-0.1, -0.05) is 6.07 Å². The first-order valence-electron chi connectivity index (χ1n) is 7.48. The molecule has 2 rings (SSSR count). The van der Waals surface area contributed by atoms with Gasteiger partial charge in [-0.15, -0.1) is 0 Å². The largest absolute Gasteiger partial charge is 0.376 e. The smallest absolute Gasteiger partial charge is 0.253 e. The molecule has 0 aliphatic carbocycles. The highest BCUT2D eigenvalue weighted by atomic mass is 32.2. The van der Waals surface area contributed by atoms with Gasteiger partial charge in [0.25, 0.3) is 5.91 Å². The van der Waals surface area contributed by atoms with E-state index in [0.29, 0.717) is 31.9 Å². The Hall–Kier alpha value is -1.48. The third kappa shape index (κ3) is 4.74. The highest BCUT2D eigenvalue weighted by molar-refractivity contribution is 7.89. The number of nitrogens with zero attached hydrogens (tertiary/aromatic N) is 1. The molecule has 1 aliphatic heterocycles. The molecule has 1 aliphatic rings. The molecule has 1 atom stereocenters. The van der Waals surface area contributed by atoms with Crippen molar-refractivity contribution in [2.45, 2.75) is 17.9 Å². The van der Waals surface area contributed by atoms with Crippen LogP contribution >= 0.6 is 0 Å². The van der Waals surface area contributed by atoms with Gasteiger partial charge in [0.2, 0.25) is 10.0 Å². The Kier molecular flexibility index (Phi) is 6.11. The monoisotopic (exact) mass is 342 g/mol. The molecule has 0 saturated carbocycles. The van der Waals surface area contributed by atoms with Crippen LogP contribution in [0, 0.1) is 0 Å². The quantitative estimate of drug-likeness (QED) is 0.812. The zero-order valence-corrected chi connectivity index (χ0v) is 14.1. The first-order chi connectivity index (χ1) is 10.9. The van der Waals surface area contributed by atoms with Crippen molar-refractivity contribution >= 4 is 15.9 Å². The lowest BCUT2D eigenvalue weighted by molar-refractivity contribution is -0.0846. The predicted molar refractivity (Wildman–Crippen MR) is 84.8 cm³/mol. The van der Waals surface area contributed by atoms with Crippen molar-refractivity contribution in [1.82, 2.24) is 9.62 Å². The molecule has 0 bridgehead atoms. The Balaban J connectivity index is 2.08. The molecule has 1 fully saturated rings. The first kappa shape index (κ1) is 17.9. The van der Waals surface area contributed by atoms with Crippen LogP contribution in [0.2, 0.25) is 0 Å². The summed E-state index contributed by atoms with van der Waals surface area (Å²) >= 11 is 0. The van der Waals surface area contributed by atoms with Crippen LogP contribution in [0.3, 0.4) is 0 Å². The van der Waals surface area contributed by atoms with Crippen molar-refractivity contribution in [1.29, 1.82) is 0 Å². The van der Waals surface area contributed by atoms with Gasteiger partial charge in [0.1, 0.15) is 0 Å². The van der Waals surface area contributed by atoms with Gasteiger partial charge in [-0.25, -0.2) is 13.1 Å². The maximum absolute atomic E-state index is 12.4. The summed E-state index contributed by atoms with van der Waals surface area (Å²) in [5.41, 5.74) is 0.342. The fourth-order valence-corrected chi connectivity index (χ4v) is 3.21. The SMILES string of the molecule is CCN(C)C(=O)c1cccc(S(=O)(=O)NC[C@@H]2COCCO2)c1. The van der Waals surface area contributed by atoms with Gasteiger partial charge in [0.05, 0.1) is 30.8 Å². The second-order valence-electron chi connectivity index (χ2n) is 5.27. The van der Waals surface area contributed by atoms with Crippen molar-refractivity contribution in [3.05, 3.63) is 29.8 Å². The lowest BCUT2D eigenvalue weighted by Gasteiger charge is -2.23. The van der Waals surface area contributed by atoms with E-state index in [0.717, 1.165) is 0 Å². The van der Waals surface area contributed by atoms with Crippen molar-refractivity contribution in [3.63, 3.8) is 0 Å². The van der Waals surface area contributed by atoms with Gasteiger partial charge < -0.3 is 14.4 Å². The minimum atomic E-state index is -3.70. The second-order valence-corrected chi connectivity index (χ2v) is 7.03. The highest BCUT2D eigenvalue weighted by Crippen LogP contribution is 2.13. The van der Waals surface area contributed by atoms with E-state index in [1.807, 2.05) is 6.92 Å². The molecule has 8 heteroatoms. The zero-order valence-electron chi connectivity index (χ0n) is 13.3. The van der Waals surface area contributed by atoms with E-state index in [2.05, 4.69) is 4.72 Å². The van der Waals surface area contributed by atoms with E-state index in [9.17, 15) is 13.2 Å². The molecule has 23 heavy (non-hydrogen) atoms. The van der Waals surface area contributed by atoms with Crippen LogP contribution in [-0.4, -0.2) is 65.3 Å². The molecule has 0 aromatic heterocycles. The Morgan fingerprint density at radius 2 is 2.17 bits per heavy atom. The summed E-state index contributed by atoms with van der Waals surface area (Å²) in [5.74, 6) is -0.214. The number of hydrogen-bond donors (Lipinski definition) is 1. The lowest BCUT2D eigenvalue weighted by Crippen LogP contribution is -2.39. The van der Waals surface area contributed by atoms with Crippen molar-refractivity contribution in [2.75, 3.05) is 40.0 Å².